The van der Waals surface area contributed by atoms with Gasteiger partial charge < -0.3 is 14.2 Å². The van der Waals surface area contributed by atoms with Gasteiger partial charge in [-0.05, 0) is 75.1 Å². The Labute approximate surface area is 176 Å². The topological polar surface area (TPSA) is 61.8 Å². The lowest BCUT2D eigenvalue weighted by molar-refractivity contribution is -0.150. The first-order chi connectivity index (χ1) is 13.7. The van der Waals surface area contributed by atoms with Gasteiger partial charge in [0.1, 0.15) is 18.0 Å². The number of carbonyl (C=O) groups excluding carboxylic acids is 2. The number of esters is 2. The molecule has 0 aliphatic heterocycles. The SMILES string of the molecule is COC(=O)c1ccc(C=C(COc2ccc(SC)cc2)C(=O)OC(C)(C)C)cc1. The third kappa shape index (κ3) is 7.31. The molecule has 0 bridgehead atoms. The zero-order valence-corrected chi connectivity index (χ0v) is 18.2. The van der Waals surface area contributed by atoms with Gasteiger partial charge in [-0.25, -0.2) is 9.59 Å². The summed E-state index contributed by atoms with van der Waals surface area (Å²) in [7, 11) is 1.33. The number of benzene rings is 2. The summed E-state index contributed by atoms with van der Waals surface area (Å²) in [4.78, 5) is 25.4. The summed E-state index contributed by atoms with van der Waals surface area (Å²) in [5.41, 5.74) is 0.943. The summed E-state index contributed by atoms with van der Waals surface area (Å²) in [5, 5.41) is 0. The molecule has 0 amide bonds. The van der Waals surface area contributed by atoms with E-state index in [1.807, 2.05) is 51.3 Å². The van der Waals surface area contributed by atoms with Crippen LogP contribution in [0.1, 0.15) is 36.7 Å². The van der Waals surface area contributed by atoms with Crippen LogP contribution in [0, 0.1) is 0 Å². The molecule has 0 aliphatic carbocycles. The van der Waals surface area contributed by atoms with Gasteiger partial charge in [-0.1, -0.05) is 12.1 Å². The fraction of sp³-hybridized carbons (Fsp3) is 0.304. The molecule has 29 heavy (non-hydrogen) atoms. The predicted octanol–water partition coefficient (Wildman–Crippen LogP) is 5.00. The molecule has 154 valence electrons. The van der Waals surface area contributed by atoms with Gasteiger partial charge in [-0.2, -0.15) is 0 Å². The molecular formula is C23H26O5S. The predicted molar refractivity (Wildman–Crippen MR) is 115 cm³/mol. The third-order valence-corrected chi connectivity index (χ3v) is 4.53. The average molecular weight is 415 g/mol. The highest BCUT2D eigenvalue weighted by atomic mass is 32.2. The van der Waals surface area contributed by atoms with E-state index in [-0.39, 0.29) is 6.61 Å². The van der Waals surface area contributed by atoms with Crippen LogP contribution in [0.5, 0.6) is 5.75 Å². The molecule has 0 fully saturated rings. The molecule has 2 aromatic rings. The minimum Gasteiger partial charge on any atom is -0.489 e. The summed E-state index contributed by atoms with van der Waals surface area (Å²) < 4.78 is 16.0. The van der Waals surface area contributed by atoms with Gasteiger partial charge in [-0.3, -0.25) is 0 Å². The van der Waals surface area contributed by atoms with E-state index in [1.54, 1.807) is 42.1 Å². The minimum absolute atomic E-state index is 0.0618. The van der Waals surface area contributed by atoms with E-state index in [0.29, 0.717) is 16.9 Å². The van der Waals surface area contributed by atoms with Crippen molar-refractivity contribution in [1.29, 1.82) is 0 Å². The highest BCUT2D eigenvalue weighted by molar-refractivity contribution is 7.98. The number of ether oxygens (including phenoxy) is 3. The van der Waals surface area contributed by atoms with Crippen LogP contribution >= 0.6 is 11.8 Å². The van der Waals surface area contributed by atoms with Gasteiger partial charge in [0.15, 0.2) is 0 Å². The Morgan fingerprint density at radius 1 is 1.00 bits per heavy atom. The third-order valence-electron chi connectivity index (χ3n) is 3.79. The van der Waals surface area contributed by atoms with E-state index in [4.69, 9.17) is 14.2 Å². The van der Waals surface area contributed by atoms with Crippen LogP contribution in [-0.2, 0) is 14.3 Å². The summed E-state index contributed by atoms with van der Waals surface area (Å²) in [5.74, 6) is -0.196. The maximum absolute atomic E-state index is 12.7. The Morgan fingerprint density at radius 2 is 1.62 bits per heavy atom. The van der Waals surface area contributed by atoms with E-state index in [0.717, 1.165) is 10.5 Å². The molecule has 0 atom stereocenters. The Bertz CT molecular complexity index is 862. The van der Waals surface area contributed by atoms with Crippen LogP contribution in [0.15, 0.2) is 59.0 Å². The van der Waals surface area contributed by atoms with Gasteiger partial charge >= 0.3 is 11.9 Å². The first kappa shape index (κ1) is 22.6. The van der Waals surface area contributed by atoms with Gasteiger partial charge in [-0.15, -0.1) is 11.8 Å². The fourth-order valence-electron chi connectivity index (χ4n) is 2.37. The molecule has 6 heteroatoms. The van der Waals surface area contributed by atoms with E-state index in [9.17, 15) is 9.59 Å². The second kappa shape index (κ2) is 10.2. The van der Waals surface area contributed by atoms with Crippen molar-refractivity contribution < 1.29 is 23.8 Å². The Morgan fingerprint density at radius 3 is 2.14 bits per heavy atom. The average Bonchev–Trinajstić information content (AvgIpc) is 2.70. The molecule has 0 N–H and O–H groups in total. The smallest absolute Gasteiger partial charge is 0.338 e. The molecule has 0 aliphatic rings. The minimum atomic E-state index is -0.620. The maximum atomic E-state index is 12.7. The summed E-state index contributed by atoms with van der Waals surface area (Å²) >= 11 is 1.65. The van der Waals surface area contributed by atoms with Crippen LogP contribution in [-0.4, -0.2) is 37.5 Å². The second-order valence-electron chi connectivity index (χ2n) is 7.25. The molecule has 2 aromatic carbocycles. The van der Waals surface area contributed by atoms with E-state index in [1.165, 1.54) is 7.11 Å². The van der Waals surface area contributed by atoms with Crippen LogP contribution in [0.2, 0.25) is 0 Å². The zero-order valence-electron chi connectivity index (χ0n) is 17.4. The number of hydrogen-bond donors (Lipinski definition) is 0. The number of hydrogen-bond acceptors (Lipinski definition) is 6. The standard InChI is InChI=1S/C23H26O5S/c1-23(2,3)28-22(25)18(15-27-19-10-12-20(29-5)13-11-19)14-16-6-8-17(9-7-16)21(24)26-4/h6-14H,15H2,1-5H3. The molecule has 0 heterocycles. The van der Waals surface area contributed by atoms with Crippen LogP contribution in [0.25, 0.3) is 6.08 Å². The van der Waals surface area contributed by atoms with Crippen LogP contribution < -0.4 is 4.74 Å². The van der Waals surface area contributed by atoms with Crippen LogP contribution in [0.3, 0.4) is 0 Å². The van der Waals surface area contributed by atoms with E-state index >= 15 is 0 Å². The van der Waals surface area contributed by atoms with Gasteiger partial charge in [0.2, 0.25) is 0 Å². The molecule has 0 saturated carbocycles. The van der Waals surface area contributed by atoms with Crippen molar-refractivity contribution in [1.82, 2.24) is 0 Å². The lowest BCUT2D eigenvalue weighted by Crippen LogP contribution is -2.26. The lowest BCUT2D eigenvalue weighted by Gasteiger charge is -2.21. The normalized spacial score (nSPS) is 11.7. The van der Waals surface area contributed by atoms with E-state index < -0.39 is 17.5 Å². The van der Waals surface area contributed by atoms with Crippen molar-refractivity contribution in [3.63, 3.8) is 0 Å². The maximum Gasteiger partial charge on any atom is 0.338 e. The van der Waals surface area contributed by atoms with E-state index in [2.05, 4.69) is 0 Å². The molecule has 0 saturated heterocycles. The zero-order chi connectivity index (χ0) is 21.4. The molecule has 0 unspecified atom stereocenters. The Balaban J connectivity index is 2.22. The molecule has 0 aromatic heterocycles. The second-order valence-corrected chi connectivity index (χ2v) is 8.13. The molecule has 0 radical (unpaired) electrons. The van der Waals surface area contributed by atoms with Gasteiger partial charge in [0, 0.05) is 4.90 Å². The Kier molecular flexibility index (Phi) is 7.91. The largest absolute Gasteiger partial charge is 0.489 e. The van der Waals surface area contributed by atoms with Crippen molar-refractivity contribution in [2.24, 2.45) is 0 Å². The van der Waals surface area contributed by atoms with Crippen molar-refractivity contribution in [2.75, 3.05) is 20.0 Å². The quantitative estimate of drug-likeness (QED) is 0.361. The molecule has 5 nitrogen and oxygen atoms in total. The molecule has 2 rings (SSSR count). The number of carbonyl (C=O) groups is 2. The molecular weight excluding hydrogens is 388 g/mol. The Hall–Kier alpha value is -2.73. The van der Waals surface area contributed by atoms with Crippen molar-refractivity contribution in [3.8, 4) is 5.75 Å². The number of rotatable bonds is 7. The number of methoxy groups -OCH3 is 1. The highest BCUT2D eigenvalue weighted by Crippen LogP contribution is 2.21. The highest BCUT2D eigenvalue weighted by Gasteiger charge is 2.20. The summed E-state index contributed by atoms with van der Waals surface area (Å²) in [6, 6.07) is 14.4. The number of thioether (sulfide) groups is 1. The van der Waals surface area contributed by atoms with Crippen molar-refractivity contribution >= 4 is 29.8 Å². The van der Waals surface area contributed by atoms with Gasteiger partial charge in [0.05, 0.1) is 18.2 Å². The van der Waals surface area contributed by atoms with Crippen molar-refractivity contribution in [2.45, 2.75) is 31.3 Å². The first-order valence-electron chi connectivity index (χ1n) is 9.11. The summed E-state index contributed by atoms with van der Waals surface area (Å²) in [6.45, 7) is 5.51. The van der Waals surface area contributed by atoms with Crippen LogP contribution in [0.4, 0.5) is 0 Å². The monoisotopic (exact) mass is 414 g/mol. The van der Waals surface area contributed by atoms with Gasteiger partial charge in [0.25, 0.3) is 0 Å². The first-order valence-corrected chi connectivity index (χ1v) is 10.3. The van der Waals surface area contributed by atoms with Crippen molar-refractivity contribution in [3.05, 3.63) is 65.2 Å². The lowest BCUT2D eigenvalue weighted by atomic mass is 10.1. The molecule has 0 spiro atoms. The fourth-order valence-corrected chi connectivity index (χ4v) is 2.78. The summed E-state index contributed by atoms with van der Waals surface area (Å²) in [6.07, 6.45) is 3.70.